The largest absolute Gasteiger partial charge is 0.364 e. The van der Waals surface area contributed by atoms with Crippen LogP contribution in [0.15, 0.2) is 35.7 Å². The normalized spacial score (nSPS) is 13.8. The first kappa shape index (κ1) is 8.91. The van der Waals surface area contributed by atoms with E-state index in [-0.39, 0.29) is 0 Å². The van der Waals surface area contributed by atoms with Gasteiger partial charge in [0.15, 0.2) is 0 Å². The summed E-state index contributed by atoms with van der Waals surface area (Å²) in [7, 11) is 8.23. The first-order valence-corrected chi connectivity index (χ1v) is 4.06. The molecule has 0 aromatic carbocycles. The van der Waals surface area contributed by atoms with E-state index in [1.54, 1.807) is 0 Å². The average molecular weight is 164 g/mol. The maximum absolute atomic E-state index is 2.12. The van der Waals surface area contributed by atoms with Gasteiger partial charge in [-0.1, -0.05) is 24.3 Å². The van der Waals surface area contributed by atoms with Crippen molar-refractivity contribution in [3.05, 3.63) is 35.7 Å². The van der Waals surface area contributed by atoms with Crippen molar-refractivity contribution in [3.8, 4) is 0 Å². The number of allylic oxidation sites excluding steroid dienone is 5. The zero-order valence-corrected chi connectivity index (χ0v) is 8.20. The van der Waals surface area contributed by atoms with Crippen LogP contribution in [0, 0.1) is 0 Å². The minimum atomic E-state index is 1.24. The molecule has 1 aliphatic carbocycles. The Labute approximate surface area is 74.5 Å². The van der Waals surface area contributed by atoms with Crippen molar-refractivity contribution in [2.24, 2.45) is 0 Å². The average Bonchev–Trinajstić information content (AvgIpc) is 2.37. The first-order chi connectivity index (χ1) is 5.63. The van der Waals surface area contributed by atoms with E-state index in [2.05, 4.69) is 62.3 Å². The Morgan fingerprint density at radius 1 is 0.917 bits per heavy atom. The molecule has 0 heterocycles. The Balaban J connectivity index is 2.99. The van der Waals surface area contributed by atoms with Crippen LogP contribution in [-0.2, 0) is 0 Å². The van der Waals surface area contributed by atoms with Gasteiger partial charge in [-0.2, -0.15) is 0 Å². The molecular weight excluding hydrogens is 148 g/mol. The topological polar surface area (TPSA) is 6.48 Å². The molecule has 2 nitrogen and oxygen atoms in total. The summed E-state index contributed by atoms with van der Waals surface area (Å²) in [5.74, 6) is 1.24. The van der Waals surface area contributed by atoms with E-state index in [4.69, 9.17) is 0 Å². The number of nitrogens with zero attached hydrogens (tertiary/aromatic N) is 2. The summed E-state index contributed by atoms with van der Waals surface area (Å²) >= 11 is 0. The van der Waals surface area contributed by atoms with Crippen molar-refractivity contribution in [1.82, 2.24) is 9.80 Å². The van der Waals surface area contributed by atoms with E-state index in [0.717, 1.165) is 0 Å². The van der Waals surface area contributed by atoms with Crippen LogP contribution in [0.4, 0.5) is 0 Å². The van der Waals surface area contributed by atoms with E-state index in [9.17, 15) is 0 Å². The highest BCUT2D eigenvalue weighted by molar-refractivity contribution is 5.42. The molecule has 0 spiro atoms. The van der Waals surface area contributed by atoms with Crippen molar-refractivity contribution in [2.45, 2.75) is 0 Å². The number of hydrogen-bond donors (Lipinski definition) is 0. The van der Waals surface area contributed by atoms with Crippen LogP contribution in [0.1, 0.15) is 0 Å². The van der Waals surface area contributed by atoms with E-state index in [1.165, 1.54) is 11.4 Å². The molecule has 2 heteroatoms. The lowest BCUT2D eigenvalue weighted by Gasteiger charge is -2.26. The molecular formula is C10H16N2. The van der Waals surface area contributed by atoms with Crippen LogP contribution < -0.4 is 0 Å². The highest BCUT2D eigenvalue weighted by Gasteiger charge is 2.07. The van der Waals surface area contributed by atoms with E-state index >= 15 is 0 Å². The summed E-state index contributed by atoms with van der Waals surface area (Å²) in [5.41, 5.74) is 1.27. The van der Waals surface area contributed by atoms with Crippen LogP contribution in [0.25, 0.3) is 0 Å². The monoisotopic (exact) mass is 164 g/mol. The van der Waals surface area contributed by atoms with Gasteiger partial charge in [0.2, 0.25) is 0 Å². The molecule has 0 aliphatic heterocycles. The van der Waals surface area contributed by atoms with Crippen LogP contribution in [0.3, 0.4) is 0 Å². The lowest BCUT2D eigenvalue weighted by molar-refractivity contribution is 0.340. The second-order valence-electron chi connectivity index (χ2n) is 3.29. The fourth-order valence-electron chi connectivity index (χ4n) is 1.44. The molecule has 0 bridgehead atoms. The molecule has 1 aliphatic rings. The van der Waals surface area contributed by atoms with Crippen molar-refractivity contribution in [2.75, 3.05) is 28.2 Å². The Kier molecular flexibility index (Phi) is 2.58. The Bertz CT molecular complexity index is 221. The quantitative estimate of drug-likeness (QED) is 0.609. The number of rotatable bonds is 2. The maximum Gasteiger partial charge on any atom is 0.110 e. The van der Waals surface area contributed by atoms with Gasteiger partial charge in [0.25, 0.3) is 0 Å². The molecule has 0 atom stereocenters. The molecule has 66 valence electrons. The highest BCUT2D eigenvalue weighted by atomic mass is 15.3. The summed E-state index contributed by atoms with van der Waals surface area (Å²) in [6.45, 7) is 0. The maximum atomic E-state index is 2.12. The molecule has 0 unspecified atom stereocenters. The molecule has 0 N–H and O–H groups in total. The summed E-state index contributed by atoms with van der Waals surface area (Å²) in [5, 5.41) is 0. The summed E-state index contributed by atoms with van der Waals surface area (Å²) in [6, 6.07) is 0. The van der Waals surface area contributed by atoms with Gasteiger partial charge in [0.05, 0.1) is 0 Å². The standard InChI is InChI=1S/C10H16N2/c1-11(2)10(12(3)4)9-7-5-6-8-9/h5-8H,1-4H3. The summed E-state index contributed by atoms with van der Waals surface area (Å²) in [6.07, 6.45) is 8.36. The van der Waals surface area contributed by atoms with Gasteiger partial charge in [-0.25, -0.2) is 0 Å². The number of hydrogen-bond acceptors (Lipinski definition) is 2. The minimum Gasteiger partial charge on any atom is -0.364 e. The van der Waals surface area contributed by atoms with Crippen LogP contribution in [0.2, 0.25) is 0 Å². The van der Waals surface area contributed by atoms with Gasteiger partial charge in [-0.3, -0.25) is 0 Å². The van der Waals surface area contributed by atoms with E-state index in [0.29, 0.717) is 0 Å². The molecule has 12 heavy (non-hydrogen) atoms. The minimum absolute atomic E-state index is 1.24. The van der Waals surface area contributed by atoms with Crippen molar-refractivity contribution in [1.29, 1.82) is 0 Å². The third kappa shape index (κ3) is 1.70. The molecule has 0 aromatic rings. The van der Waals surface area contributed by atoms with Crippen molar-refractivity contribution < 1.29 is 0 Å². The molecule has 0 saturated heterocycles. The first-order valence-electron chi connectivity index (χ1n) is 4.06. The predicted octanol–water partition coefficient (Wildman–Crippen LogP) is 1.45. The van der Waals surface area contributed by atoms with Crippen molar-refractivity contribution in [3.63, 3.8) is 0 Å². The second-order valence-corrected chi connectivity index (χ2v) is 3.29. The Morgan fingerprint density at radius 3 is 1.67 bits per heavy atom. The lowest BCUT2D eigenvalue weighted by Crippen LogP contribution is -2.25. The van der Waals surface area contributed by atoms with E-state index in [1.807, 2.05) is 0 Å². The lowest BCUT2D eigenvalue weighted by atomic mass is 10.2. The van der Waals surface area contributed by atoms with Gasteiger partial charge >= 0.3 is 0 Å². The van der Waals surface area contributed by atoms with Crippen LogP contribution >= 0.6 is 0 Å². The van der Waals surface area contributed by atoms with Crippen molar-refractivity contribution >= 4 is 0 Å². The Hall–Kier alpha value is -1.18. The molecule has 1 rings (SSSR count). The zero-order valence-electron chi connectivity index (χ0n) is 8.20. The van der Waals surface area contributed by atoms with Gasteiger partial charge in [0.1, 0.15) is 5.82 Å². The molecule has 0 amide bonds. The van der Waals surface area contributed by atoms with Gasteiger partial charge < -0.3 is 9.80 Å². The van der Waals surface area contributed by atoms with Gasteiger partial charge in [-0.05, 0) is 0 Å². The van der Waals surface area contributed by atoms with Crippen LogP contribution in [-0.4, -0.2) is 38.0 Å². The second kappa shape index (κ2) is 3.48. The fourth-order valence-corrected chi connectivity index (χ4v) is 1.44. The molecule has 0 radical (unpaired) electrons. The zero-order chi connectivity index (χ0) is 9.14. The smallest absolute Gasteiger partial charge is 0.110 e. The third-order valence-corrected chi connectivity index (χ3v) is 1.77. The van der Waals surface area contributed by atoms with Crippen LogP contribution in [0.5, 0.6) is 0 Å². The predicted molar refractivity (Wildman–Crippen MR) is 52.7 cm³/mol. The van der Waals surface area contributed by atoms with E-state index < -0.39 is 0 Å². The van der Waals surface area contributed by atoms with Gasteiger partial charge in [0, 0.05) is 33.8 Å². The molecule has 0 fully saturated rings. The third-order valence-electron chi connectivity index (χ3n) is 1.77. The molecule has 0 aromatic heterocycles. The van der Waals surface area contributed by atoms with Gasteiger partial charge in [-0.15, -0.1) is 0 Å². The highest BCUT2D eigenvalue weighted by Crippen LogP contribution is 2.16. The summed E-state index contributed by atoms with van der Waals surface area (Å²) < 4.78 is 0. The molecule has 0 saturated carbocycles. The fraction of sp³-hybridized carbons (Fsp3) is 0.400. The Morgan fingerprint density at radius 2 is 1.33 bits per heavy atom. The summed E-state index contributed by atoms with van der Waals surface area (Å²) in [4.78, 5) is 4.24. The SMILES string of the molecule is CN(C)C(=C1C=CC=C1)N(C)C.